The lowest BCUT2D eigenvalue weighted by atomic mass is 10.1. The van der Waals surface area contributed by atoms with Gasteiger partial charge in [0.15, 0.2) is 0 Å². The van der Waals surface area contributed by atoms with E-state index in [0.717, 1.165) is 23.1 Å². The van der Waals surface area contributed by atoms with Crippen molar-refractivity contribution in [2.45, 2.75) is 52.3 Å². The quantitative estimate of drug-likeness (QED) is 0.784. The molecular weight excluding hydrogens is 314 g/mol. The Morgan fingerprint density at radius 2 is 1.84 bits per heavy atom. The molecule has 1 amide bonds. The first-order valence-electron chi connectivity index (χ1n) is 8.86. The van der Waals surface area contributed by atoms with Gasteiger partial charge in [-0.25, -0.2) is 4.79 Å². The van der Waals surface area contributed by atoms with Gasteiger partial charge >= 0.3 is 6.09 Å². The van der Waals surface area contributed by atoms with Crippen molar-refractivity contribution in [2.75, 3.05) is 18.0 Å². The monoisotopic (exact) mass is 341 g/mol. The number of para-hydroxylation sites is 1. The number of nitrogens with zero attached hydrogens (tertiary/aromatic N) is 3. The van der Waals surface area contributed by atoms with Gasteiger partial charge in [0.05, 0.1) is 11.2 Å². The number of piperazine rings is 1. The molecular formula is C20H27N3O2. The smallest absolute Gasteiger partial charge is 0.410 e. The molecule has 2 heterocycles. The summed E-state index contributed by atoms with van der Waals surface area (Å²) in [6, 6.07) is 10.6. The van der Waals surface area contributed by atoms with Crippen LogP contribution in [0.15, 0.2) is 36.5 Å². The third kappa shape index (κ3) is 3.70. The number of hydrogen-bond acceptors (Lipinski definition) is 4. The zero-order valence-corrected chi connectivity index (χ0v) is 15.7. The van der Waals surface area contributed by atoms with Gasteiger partial charge in [0.1, 0.15) is 5.60 Å². The van der Waals surface area contributed by atoms with Crippen molar-refractivity contribution in [3.05, 3.63) is 36.5 Å². The molecule has 2 aromatic rings. The van der Waals surface area contributed by atoms with Gasteiger partial charge in [0.2, 0.25) is 0 Å². The highest BCUT2D eigenvalue weighted by Gasteiger charge is 2.35. The van der Waals surface area contributed by atoms with E-state index in [9.17, 15) is 4.79 Å². The first-order valence-corrected chi connectivity index (χ1v) is 8.86. The van der Waals surface area contributed by atoms with E-state index >= 15 is 0 Å². The van der Waals surface area contributed by atoms with Crippen molar-refractivity contribution in [1.82, 2.24) is 9.88 Å². The van der Waals surface area contributed by atoms with E-state index in [1.807, 2.05) is 37.9 Å². The minimum Gasteiger partial charge on any atom is -0.444 e. The van der Waals surface area contributed by atoms with Crippen molar-refractivity contribution >= 4 is 22.7 Å². The number of carbonyl (C=O) groups excluding carboxylic acids is 1. The van der Waals surface area contributed by atoms with Crippen LogP contribution < -0.4 is 4.90 Å². The Kier molecular flexibility index (Phi) is 4.58. The Morgan fingerprint density at radius 1 is 1.12 bits per heavy atom. The van der Waals surface area contributed by atoms with Crippen LogP contribution in [0.4, 0.5) is 10.5 Å². The molecule has 3 rings (SSSR count). The first kappa shape index (κ1) is 17.5. The molecule has 0 aliphatic carbocycles. The minimum absolute atomic E-state index is 0.0741. The van der Waals surface area contributed by atoms with Crippen LogP contribution in [-0.2, 0) is 4.74 Å². The van der Waals surface area contributed by atoms with Crippen LogP contribution in [0, 0.1) is 0 Å². The number of benzene rings is 1. The first-order chi connectivity index (χ1) is 11.8. The Hall–Kier alpha value is -2.30. The normalized spacial score (nSPS) is 21.5. The number of pyridine rings is 1. The predicted molar refractivity (Wildman–Crippen MR) is 101 cm³/mol. The van der Waals surface area contributed by atoms with Gasteiger partial charge < -0.3 is 14.5 Å². The largest absolute Gasteiger partial charge is 0.444 e. The highest BCUT2D eigenvalue weighted by atomic mass is 16.6. The van der Waals surface area contributed by atoms with Gasteiger partial charge in [0.25, 0.3) is 0 Å². The zero-order chi connectivity index (χ0) is 18.2. The molecule has 1 aromatic heterocycles. The summed E-state index contributed by atoms with van der Waals surface area (Å²) >= 11 is 0. The molecule has 134 valence electrons. The fourth-order valence-electron chi connectivity index (χ4n) is 3.36. The van der Waals surface area contributed by atoms with Crippen LogP contribution in [0.3, 0.4) is 0 Å². The van der Waals surface area contributed by atoms with E-state index in [1.54, 1.807) is 0 Å². The minimum atomic E-state index is -0.475. The molecule has 5 nitrogen and oxygen atoms in total. The summed E-state index contributed by atoms with van der Waals surface area (Å²) in [5.74, 6) is 0. The second-order valence-electron chi connectivity index (χ2n) is 7.84. The molecule has 0 bridgehead atoms. The van der Waals surface area contributed by atoms with Crippen molar-refractivity contribution < 1.29 is 9.53 Å². The van der Waals surface area contributed by atoms with E-state index in [1.165, 1.54) is 0 Å². The summed E-state index contributed by atoms with van der Waals surface area (Å²) < 4.78 is 5.56. The van der Waals surface area contributed by atoms with Crippen molar-refractivity contribution in [2.24, 2.45) is 0 Å². The maximum Gasteiger partial charge on any atom is 0.410 e. The average molecular weight is 341 g/mol. The topological polar surface area (TPSA) is 45.7 Å². The Morgan fingerprint density at radius 3 is 2.56 bits per heavy atom. The lowest BCUT2D eigenvalue weighted by Crippen LogP contribution is -2.59. The van der Waals surface area contributed by atoms with Crippen LogP contribution in [0.2, 0.25) is 0 Å². The number of hydrogen-bond donors (Lipinski definition) is 0. The summed E-state index contributed by atoms with van der Waals surface area (Å²) in [6.07, 6.45) is 1.60. The van der Waals surface area contributed by atoms with Crippen LogP contribution >= 0.6 is 0 Å². The summed E-state index contributed by atoms with van der Waals surface area (Å²) in [6.45, 7) is 11.3. The van der Waals surface area contributed by atoms with Crippen LogP contribution in [0.5, 0.6) is 0 Å². The van der Waals surface area contributed by atoms with Crippen LogP contribution in [-0.4, -0.2) is 46.8 Å². The fraction of sp³-hybridized carbons (Fsp3) is 0.500. The number of rotatable bonds is 1. The zero-order valence-electron chi connectivity index (χ0n) is 15.7. The number of anilines is 1. The summed E-state index contributed by atoms with van der Waals surface area (Å²) in [4.78, 5) is 21.3. The van der Waals surface area contributed by atoms with E-state index in [-0.39, 0.29) is 18.2 Å². The summed E-state index contributed by atoms with van der Waals surface area (Å²) in [5, 5.41) is 1.13. The Balaban J connectivity index is 1.84. The third-order valence-electron chi connectivity index (χ3n) is 4.53. The molecule has 0 N–H and O–H groups in total. The summed E-state index contributed by atoms with van der Waals surface area (Å²) in [5.41, 5.74) is 1.66. The second kappa shape index (κ2) is 6.54. The Labute approximate surface area is 149 Å². The highest BCUT2D eigenvalue weighted by molar-refractivity contribution is 5.91. The van der Waals surface area contributed by atoms with Crippen LogP contribution in [0.25, 0.3) is 10.9 Å². The number of amides is 1. The Bertz CT molecular complexity index is 764. The number of aromatic nitrogens is 1. The maximum atomic E-state index is 12.5. The number of ether oxygens (including phenoxy) is 1. The standard InChI is InChI=1S/C20H27N3O2/c1-14-13-23(19(24)25-20(3,4)5)15(2)12-22(14)17-10-6-8-16-9-7-11-21-18(16)17/h6-11,14-15H,12-13H2,1-5H3/t14?,15-/m0/s1. The SMILES string of the molecule is CC1CN(C(=O)OC(C)(C)C)[C@@H](C)CN1c1cccc2cccnc12. The molecule has 2 atom stereocenters. The van der Waals surface area contributed by atoms with Gasteiger partial charge in [-0.3, -0.25) is 4.98 Å². The van der Waals surface area contributed by atoms with Crippen molar-refractivity contribution in [1.29, 1.82) is 0 Å². The molecule has 1 aliphatic rings. The average Bonchev–Trinajstić information content (AvgIpc) is 2.54. The van der Waals surface area contributed by atoms with Gasteiger partial charge in [-0.05, 0) is 46.8 Å². The predicted octanol–water partition coefficient (Wildman–Crippen LogP) is 4.07. The third-order valence-corrected chi connectivity index (χ3v) is 4.53. The number of carbonyl (C=O) groups is 1. The van der Waals surface area contributed by atoms with E-state index < -0.39 is 5.60 Å². The maximum absolute atomic E-state index is 12.5. The molecule has 0 saturated carbocycles. The van der Waals surface area contributed by atoms with Crippen LogP contribution in [0.1, 0.15) is 34.6 Å². The lowest BCUT2D eigenvalue weighted by Gasteiger charge is -2.45. The van der Waals surface area contributed by atoms with E-state index in [2.05, 4.69) is 48.0 Å². The number of fused-ring (bicyclic) bond motifs is 1. The van der Waals surface area contributed by atoms with Gasteiger partial charge in [0, 0.05) is 36.8 Å². The molecule has 1 aromatic carbocycles. The fourth-order valence-corrected chi connectivity index (χ4v) is 3.36. The molecule has 0 radical (unpaired) electrons. The highest BCUT2D eigenvalue weighted by Crippen LogP contribution is 2.30. The van der Waals surface area contributed by atoms with Gasteiger partial charge in [-0.15, -0.1) is 0 Å². The van der Waals surface area contributed by atoms with E-state index in [4.69, 9.17) is 4.74 Å². The molecule has 1 saturated heterocycles. The van der Waals surface area contributed by atoms with E-state index in [0.29, 0.717) is 6.54 Å². The van der Waals surface area contributed by atoms with Crippen molar-refractivity contribution in [3.63, 3.8) is 0 Å². The lowest BCUT2D eigenvalue weighted by molar-refractivity contribution is 0.0130. The van der Waals surface area contributed by atoms with Gasteiger partial charge in [-0.2, -0.15) is 0 Å². The molecule has 1 aliphatic heterocycles. The molecule has 0 spiro atoms. The van der Waals surface area contributed by atoms with Gasteiger partial charge in [-0.1, -0.05) is 18.2 Å². The van der Waals surface area contributed by atoms with Crippen molar-refractivity contribution in [3.8, 4) is 0 Å². The molecule has 25 heavy (non-hydrogen) atoms. The second-order valence-corrected chi connectivity index (χ2v) is 7.84. The molecule has 1 unspecified atom stereocenters. The molecule has 1 fully saturated rings. The summed E-state index contributed by atoms with van der Waals surface area (Å²) in [7, 11) is 0. The molecule has 5 heteroatoms.